The minimum Gasteiger partial charge on any atom is -0.293 e. The maximum absolute atomic E-state index is 11.1. The standard InChI is InChI=1S/C8H6BrN3O/c1-5(13)6-2-11-8-3-10-7(9)4-12(6)8/h2-4H,1H3. The molecule has 0 saturated carbocycles. The van der Waals surface area contributed by atoms with E-state index in [-0.39, 0.29) is 5.78 Å². The van der Waals surface area contributed by atoms with Crippen molar-refractivity contribution in [3.8, 4) is 0 Å². The number of ketones is 1. The molecule has 0 spiro atoms. The number of carbonyl (C=O) groups is 1. The van der Waals surface area contributed by atoms with Gasteiger partial charge < -0.3 is 0 Å². The summed E-state index contributed by atoms with van der Waals surface area (Å²) in [5, 5.41) is 0. The molecule has 0 aliphatic carbocycles. The fraction of sp³-hybridized carbons (Fsp3) is 0.125. The highest BCUT2D eigenvalue weighted by Crippen LogP contribution is 2.10. The number of rotatable bonds is 1. The largest absolute Gasteiger partial charge is 0.293 e. The van der Waals surface area contributed by atoms with Gasteiger partial charge in [-0.3, -0.25) is 9.20 Å². The number of nitrogens with zero attached hydrogens (tertiary/aromatic N) is 3. The predicted octanol–water partition coefficient (Wildman–Crippen LogP) is 1.69. The lowest BCUT2D eigenvalue weighted by Crippen LogP contribution is -1.98. The van der Waals surface area contributed by atoms with Gasteiger partial charge in [-0.2, -0.15) is 0 Å². The molecule has 0 aliphatic heterocycles. The molecule has 2 aromatic rings. The van der Waals surface area contributed by atoms with Crippen molar-refractivity contribution < 1.29 is 4.79 Å². The summed E-state index contributed by atoms with van der Waals surface area (Å²) in [6, 6.07) is 0. The molecule has 0 saturated heterocycles. The van der Waals surface area contributed by atoms with Gasteiger partial charge in [0.1, 0.15) is 10.3 Å². The van der Waals surface area contributed by atoms with E-state index in [1.54, 1.807) is 23.0 Å². The van der Waals surface area contributed by atoms with Crippen molar-refractivity contribution in [3.63, 3.8) is 0 Å². The predicted molar refractivity (Wildman–Crippen MR) is 50.7 cm³/mol. The van der Waals surface area contributed by atoms with Crippen LogP contribution in [-0.4, -0.2) is 20.2 Å². The van der Waals surface area contributed by atoms with E-state index in [0.29, 0.717) is 15.9 Å². The first-order valence-electron chi connectivity index (χ1n) is 3.68. The van der Waals surface area contributed by atoms with Crippen LogP contribution in [0.3, 0.4) is 0 Å². The van der Waals surface area contributed by atoms with E-state index in [1.807, 2.05) is 0 Å². The summed E-state index contributed by atoms with van der Waals surface area (Å²) in [6.45, 7) is 1.51. The number of hydrogen-bond donors (Lipinski definition) is 0. The molecule has 2 aromatic heterocycles. The quantitative estimate of drug-likeness (QED) is 0.712. The van der Waals surface area contributed by atoms with E-state index in [4.69, 9.17) is 0 Å². The number of hydrogen-bond acceptors (Lipinski definition) is 3. The van der Waals surface area contributed by atoms with Crippen molar-refractivity contribution in [2.24, 2.45) is 0 Å². The van der Waals surface area contributed by atoms with Gasteiger partial charge in [0, 0.05) is 13.1 Å². The van der Waals surface area contributed by atoms with Crippen molar-refractivity contribution in [1.29, 1.82) is 0 Å². The van der Waals surface area contributed by atoms with E-state index in [0.717, 1.165) is 0 Å². The summed E-state index contributed by atoms with van der Waals surface area (Å²) in [5.74, 6) is -0.00870. The summed E-state index contributed by atoms with van der Waals surface area (Å²) in [7, 11) is 0. The maximum atomic E-state index is 11.1. The number of fused-ring (bicyclic) bond motifs is 1. The topological polar surface area (TPSA) is 47.3 Å². The Morgan fingerprint density at radius 1 is 1.46 bits per heavy atom. The third-order valence-electron chi connectivity index (χ3n) is 1.73. The molecule has 0 unspecified atom stereocenters. The first-order chi connectivity index (χ1) is 6.18. The Balaban J connectivity index is 2.79. The van der Waals surface area contributed by atoms with Crippen LogP contribution in [0.25, 0.3) is 5.65 Å². The van der Waals surface area contributed by atoms with Gasteiger partial charge in [0.2, 0.25) is 0 Å². The highest BCUT2D eigenvalue weighted by atomic mass is 79.9. The Morgan fingerprint density at radius 2 is 2.23 bits per heavy atom. The zero-order valence-corrected chi connectivity index (χ0v) is 8.45. The molecular weight excluding hydrogens is 234 g/mol. The molecule has 0 atom stereocenters. The number of aromatic nitrogens is 3. The summed E-state index contributed by atoms with van der Waals surface area (Å²) >= 11 is 3.23. The van der Waals surface area contributed by atoms with Crippen molar-refractivity contribution in [2.45, 2.75) is 6.92 Å². The molecule has 0 aromatic carbocycles. The maximum Gasteiger partial charge on any atom is 0.178 e. The lowest BCUT2D eigenvalue weighted by Gasteiger charge is -1.96. The molecule has 66 valence electrons. The molecule has 4 nitrogen and oxygen atoms in total. The van der Waals surface area contributed by atoms with Crippen LogP contribution < -0.4 is 0 Å². The molecule has 0 amide bonds. The van der Waals surface area contributed by atoms with Gasteiger partial charge in [0.15, 0.2) is 11.4 Å². The Kier molecular flexibility index (Phi) is 1.88. The molecule has 0 fully saturated rings. The summed E-state index contributed by atoms with van der Waals surface area (Å²) < 4.78 is 2.39. The number of imidazole rings is 1. The molecule has 13 heavy (non-hydrogen) atoms. The van der Waals surface area contributed by atoms with Gasteiger partial charge in [0.05, 0.1) is 12.4 Å². The first kappa shape index (κ1) is 8.37. The van der Waals surface area contributed by atoms with E-state index in [1.165, 1.54) is 6.92 Å². The van der Waals surface area contributed by atoms with Gasteiger partial charge in [0.25, 0.3) is 0 Å². The van der Waals surface area contributed by atoms with Crippen molar-refractivity contribution in [1.82, 2.24) is 14.4 Å². The van der Waals surface area contributed by atoms with Crippen molar-refractivity contribution in [2.75, 3.05) is 0 Å². The molecule has 0 bridgehead atoms. The Hall–Kier alpha value is -1.23. The van der Waals surface area contributed by atoms with Crippen LogP contribution in [0.4, 0.5) is 0 Å². The molecule has 5 heteroatoms. The smallest absolute Gasteiger partial charge is 0.178 e. The van der Waals surface area contributed by atoms with Gasteiger partial charge in [-0.15, -0.1) is 0 Å². The minimum atomic E-state index is -0.00870. The normalized spacial score (nSPS) is 10.6. The average Bonchev–Trinajstić information content (AvgIpc) is 2.46. The number of Topliss-reactive ketones (excluding diaryl/α,β-unsaturated/α-hetero) is 1. The highest BCUT2D eigenvalue weighted by Gasteiger charge is 2.07. The molecule has 2 rings (SSSR count). The number of carbonyl (C=O) groups excluding carboxylic acids is 1. The van der Waals surface area contributed by atoms with Crippen LogP contribution >= 0.6 is 15.9 Å². The third-order valence-corrected chi connectivity index (χ3v) is 2.13. The van der Waals surface area contributed by atoms with Crippen LogP contribution in [0.1, 0.15) is 17.4 Å². The van der Waals surface area contributed by atoms with E-state index in [9.17, 15) is 4.79 Å². The van der Waals surface area contributed by atoms with Crippen LogP contribution in [0, 0.1) is 0 Å². The van der Waals surface area contributed by atoms with Crippen LogP contribution in [0.15, 0.2) is 23.2 Å². The van der Waals surface area contributed by atoms with Gasteiger partial charge in [-0.1, -0.05) is 0 Å². The lowest BCUT2D eigenvalue weighted by molar-refractivity contribution is 0.101. The zero-order chi connectivity index (χ0) is 9.42. The Labute approximate surface area is 82.7 Å². The van der Waals surface area contributed by atoms with Crippen LogP contribution in [0.2, 0.25) is 0 Å². The third kappa shape index (κ3) is 1.35. The second-order valence-corrected chi connectivity index (χ2v) is 3.45. The van der Waals surface area contributed by atoms with Gasteiger partial charge in [-0.25, -0.2) is 9.97 Å². The highest BCUT2D eigenvalue weighted by molar-refractivity contribution is 9.10. The van der Waals surface area contributed by atoms with Gasteiger partial charge >= 0.3 is 0 Å². The van der Waals surface area contributed by atoms with Crippen molar-refractivity contribution in [3.05, 3.63) is 28.9 Å². The van der Waals surface area contributed by atoms with Crippen molar-refractivity contribution >= 4 is 27.4 Å². The average molecular weight is 240 g/mol. The van der Waals surface area contributed by atoms with E-state index in [2.05, 4.69) is 25.9 Å². The van der Waals surface area contributed by atoms with Gasteiger partial charge in [-0.05, 0) is 15.9 Å². The lowest BCUT2D eigenvalue weighted by atomic mass is 10.3. The number of halogens is 1. The van der Waals surface area contributed by atoms with Crippen LogP contribution in [-0.2, 0) is 0 Å². The van der Waals surface area contributed by atoms with E-state index < -0.39 is 0 Å². The molecule has 0 aliphatic rings. The Bertz CT molecular complexity index is 477. The summed E-state index contributed by atoms with van der Waals surface area (Å²) in [4.78, 5) is 19.2. The molecular formula is C8H6BrN3O. The second-order valence-electron chi connectivity index (χ2n) is 2.64. The fourth-order valence-electron chi connectivity index (χ4n) is 1.13. The second kappa shape index (κ2) is 2.92. The fourth-order valence-corrected chi connectivity index (χ4v) is 1.43. The van der Waals surface area contributed by atoms with Crippen LogP contribution in [0.5, 0.6) is 0 Å². The summed E-state index contributed by atoms with van der Waals surface area (Å²) in [5.41, 5.74) is 1.24. The summed E-state index contributed by atoms with van der Waals surface area (Å²) in [6.07, 6.45) is 4.88. The monoisotopic (exact) mass is 239 g/mol. The molecule has 2 heterocycles. The first-order valence-corrected chi connectivity index (χ1v) is 4.47. The zero-order valence-electron chi connectivity index (χ0n) is 6.86. The Morgan fingerprint density at radius 3 is 2.92 bits per heavy atom. The van der Waals surface area contributed by atoms with E-state index >= 15 is 0 Å². The molecule has 0 N–H and O–H groups in total. The molecule has 0 radical (unpaired) electrons. The minimum absolute atomic E-state index is 0.00870. The SMILES string of the molecule is CC(=O)c1cnc2cnc(Br)cn12.